The van der Waals surface area contributed by atoms with E-state index >= 15 is 0 Å². The molecule has 34 heavy (non-hydrogen) atoms. The Morgan fingerprint density at radius 2 is 1.76 bits per heavy atom. The molecule has 3 aromatic rings. The van der Waals surface area contributed by atoms with Gasteiger partial charge in [-0.3, -0.25) is 15.0 Å². The highest BCUT2D eigenvalue weighted by atomic mass is 32.1. The Labute approximate surface area is 205 Å². The van der Waals surface area contributed by atoms with Crippen LogP contribution in [0.25, 0.3) is 10.4 Å². The number of ether oxygens (including phenoxy) is 1. The molecule has 4 rings (SSSR count). The predicted octanol–water partition coefficient (Wildman–Crippen LogP) is 3.93. The van der Waals surface area contributed by atoms with Crippen molar-refractivity contribution >= 4 is 40.2 Å². The number of carbonyl (C=O) groups is 2. The smallest absolute Gasteiger partial charge is 0.281 e. The van der Waals surface area contributed by atoms with Crippen molar-refractivity contribution in [2.45, 2.75) is 20.8 Å². The lowest BCUT2D eigenvalue weighted by Gasteiger charge is -2.26. The summed E-state index contributed by atoms with van der Waals surface area (Å²) in [6.07, 6.45) is 0. The molecular formula is C24H26N4O4S2. The van der Waals surface area contributed by atoms with Crippen molar-refractivity contribution in [2.24, 2.45) is 5.10 Å². The van der Waals surface area contributed by atoms with Crippen molar-refractivity contribution in [1.82, 2.24) is 15.9 Å². The van der Waals surface area contributed by atoms with Crippen LogP contribution in [0.1, 0.15) is 43.0 Å². The average molecular weight is 499 g/mol. The molecule has 3 heterocycles. The minimum atomic E-state index is -0.418. The van der Waals surface area contributed by atoms with Crippen LogP contribution < -0.4 is 10.9 Å². The number of hydrazine groups is 1. The first-order chi connectivity index (χ1) is 16.3. The van der Waals surface area contributed by atoms with Crippen LogP contribution in [0.3, 0.4) is 0 Å². The van der Waals surface area contributed by atoms with Crippen LogP contribution in [0.15, 0.2) is 40.8 Å². The molecule has 0 saturated carbocycles. The number of nitrogens with one attached hydrogen (secondary N) is 2. The van der Waals surface area contributed by atoms with Crippen LogP contribution in [0.4, 0.5) is 0 Å². The number of hydrazone groups is 1. The molecule has 0 unspecified atom stereocenters. The maximum atomic E-state index is 12.6. The number of hydrogen-bond acceptors (Lipinski definition) is 8. The van der Waals surface area contributed by atoms with Gasteiger partial charge in [0, 0.05) is 18.5 Å². The Bertz CT molecular complexity index is 1240. The standard InChI is InChI=1S/C24H26N4O4S2/c1-14-4-5-17(12-15(14)2)22-21(29)18(13-33-22)16(3)25-26-23(30)19-6-7-20(34-19)24(31)27-28-8-10-32-11-9-28/h4-7,12-13,29H,8-11H2,1-3H3,(H,26,30)(H,27,31). The van der Waals surface area contributed by atoms with Crippen molar-refractivity contribution in [3.05, 3.63) is 62.2 Å². The van der Waals surface area contributed by atoms with Crippen LogP contribution in [0, 0.1) is 13.8 Å². The highest BCUT2D eigenvalue weighted by Gasteiger charge is 2.19. The Balaban J connectivity index is 1.41. The van der Waals surface area contributed by atoms with E-state index in [0.717, 1.165) is 27.3 Å². The molecule has 1 fully saturated rings. The molecule has 1 aromatic carbocycles. The number of carbonyl (C=O) groups excluding carboxylic acids is 2. The number of nitrogens with zero attached hydrogens (tertiary/aromatic N) is 2. The number of hydrogen-bond donors (Lipinski definition) is 3. The monoisotopic (exact) mass is 498 g/mol. The summed E-state index contributed by atoms with van der Waals surface area (Å²) in [7, 11) is 0. The van der Waals surface area contributed by atoms with Crippen molar-refractivity contribution in [3.63, 3.8) is 0 Å². The fraction of sp³-hybridized carbons (Fsp3) is 0.292. The largest absolute Gasteiger partial charge is 0.506 e. The zero-order chi connectivity index (χ0) is 24.2. The molecule has 0 aliphatic carbocycles. The SMILES string of the molecule is CC(=NNC(=O)c1ccc(C(=O)NN2CCOCC2)s1)c1csc(-c2ccc(C)c(C)c2)c1O. The van der Waals surface area contributed by atoms with Gasteiger partial charge in [0.25, 0.3) is 11.8 Å². The van der Waals surface area contributed by atoms with Crippen LogP contribution in [0.2, 0.25) is 0 Å². The molecule has 8 nitrogen and oxygen atoms in total. The fourth-order valence-corrected chi connectivity index (χ4v) is 5.19. The topological polar surface area (TPSA) is 103 Å². The van der Waals surface area contributed by atoms with Gasteiger partial charge in [0.2, 0.25) is 0 Å². The van der Waals surface area contributed by atoms with Gasteiger partial charge in [-0.1, -0.05) is 18.2 Å². The van der Waals surface area contributed by atoms with E-state index < -0.39 is 5.91 Å². The lowest BCUT2D eigenvalue weighted by Crippen LogP contribution is -2.48. The van der Waals surface area contributed by atoms with Gasteiger partial charge < -0.3 is 9.84 Å². The summed E-state index contributed by atoms with van der Waals surface area (Å²) in [5, 5.41) is 18.6. The molecule has 0 radical (unpaired) electrons. The summed E-state index contributed by atoms with van der Waals surface area (Å²) < 4.78 is 5.27. The summed E-state index contributed by atoms with van der Waals surface area (Å²) in [6.45, 7) is 8.20. The number of aromatic hydroxyl groups is 1. The Morgan fingerprint density at radius 1 is 1.06 bits per heavy atom. The molecule has 1 aliphatic heterocycles. The van der Waals surface area contributed by atoms with Gasteiger partial charge in [0.05, 0.1) is 39.1 Å². The number of amides is 2. The number of aryl methyl sites for hydroxylation is 2. The van der Waals surface area contributed by atoms with E-state index in [-0.39, 0.29) is 11.7 Å². The summed E-state index contributed by atoms with van der Waals surface area (Å²) in [4.78, 5) is 26.6. The molecule has 0 spiro atoms. The summed E-state index contributed by atoms with van der Waals surface area (Å²) >= 11 is 2.52. The molecule has 0 bridgehead atoms. The van der Waals surface area contributed by atoms with Crippen LogP contribution >= 0.6 is 22.7 Å². The minimum absolute atomic E-state index is 0.141. The van der Waals surface area contributed by atoms with E-state index in [1.807, 2.05) is 37.4 Å². The molecule has 10 heteroatoms. The first-order valence-corrected chi connectivity index (χ1v) is 12.5. The molecule has 1 aliphatic rings. The van der Waals surface area contributed by atoms with Crippen LogP contribution in [-0.4, -0.2) is 53.9 Å². The Morgan fingerprint density at radius 3 is 2.47 bits per heavy atom. The zero-order valence-corrected chi connectivity index (χ0v) is 20.8. The maximum Gasteiger partial charge on any atom is 0.281 e. The minimum Gasteiger partial charge on any atom is -0.506 e. The number of benzene rings is 1. The van der Waals surface area contributed by atoms with Gasteiger partial charge in [-0.25, -0.2) is 10.4 Å². The lowest BCUT2D eigenvalue weighted by atomic mass is 10.0. The van der Waals surface area contributed by atoms with E-state index in [2.05, 4.69) is 16.0 Å². The zero-order valence-electron chi connectivity index (χ0n) is 19.2. The van der Waals surface area contributed by atoms with Crippen LogP contribution in [-0.2, 0) is 4.74 Å². The average Bonchev–Trinajstić information content (AvgIpc) is 3.47. The summed E-state index contributed by atoms with van der Waals surface area (Å²) in [6, 6.07) is 9.27. The van der Waals surface area contributed by atoms with Gasteiger partial charge in [0.1, 0.15) is 5.75 Å². The van der Waals surface area contributed by atoms with Crippen molar-refractivity contribution < 1.29 is 19.4 Å². The van der Waals surface area contributed by atoms with E-state index in [9.17, 15) is 14.7 Å². The van der Waals surface area contributed by atoms with Crippen molar-refractivity contribution in [1.29, 1.82) is 0 Å². The highest BCUT2D eigenvalue weighted by Crippen LogP contribution is 2.39. The number of thiophene rings is 2. The van der Waals surface area contributed by atoms with E-state index in [1.165, 1.54) is 16.9 Å². The first kappa shape index (κ1) is 24.1. The molecule has 3 N–H and O–H groups in total. The summed E-state index contributed by atoms with van der Waals surface area (Å²) in [5.41, 5.74) is 9.68. The lowest BCUT2D eigenvalue weighted by molar-refractivity contribution is 0.0127. The molecule has 1 saturated heterocycles. The number of morpholine rings is 1. The van der Waals surface area contributed by atoms with E-state index in [0.29, 0.717) is 47.3 Å². The second-order valence-corrected chi connectivity index (χ2v) is 9.93. The van der Waals surface area contributed by atoms with Gasteiger partial charge in [-0.05, 0) is 49.6 Å². The fourth-order valence-electron chi connectivity index (χ4n) is 3.40. The predicted molar refractivity (Wildman–Crippen MR) is 135 cm³/mol. The second-order valence-electron chi connectivity index (χ2n) is 7.97. The Hall–Kier alpha value is -3.05. The molecular weight excluding hydrogens is 472 g/mol. The van der Waals surface area contributed by atoms with Crippen molar-refractivity contribution in [2.75, 3.05) is 26.3 Å². The highest BCUT2D eigenvalue weighted by molar-refractivity contribution is 7.16. The maximum absolute atomic E-state index is 12.6. The molecule has 0 atom stereocenters. The number of rotatable bonds is 6. The quantitative estimate of drug-likeness (QED) is 0.353. The normalized spacial score (nSPS) is 14.7. The molecule has 2 amide bonds. The van der Waals surface area contributed by atoms with Gasteiger partial charge in [0.15, 0.2) is 0 Å². The van der Waals surface area contributed by atoms with Crippen molar-refractivity contribution in [3.8, 4) is 16.2 Å². The molecule has 178 valence electrons. The summed E-state index contributed by atoms with van der Waals surface area (Å²) in [5.74, 6) is -0.534. The van der Waals surface area contributed by atoms with Gasteiger partial charge in [-0.15, -0.1) is 22.7 Å². The van der Waals surface area contributed by atoms with Crippen LogP contribution in [0.5, 0.6) is 5.75 Å². The second kappa shape index (κ2) is 10.5. The first-order valence-electron chi connectivity index (χ1n) is 10.8. The van der Waals surface area contributed by atoms with Gasteiger partial charge >= 0.3 is 0 Å². The van der Waals surface area contributed by atoms with Gasteiger partial charge in [-0.2, -0.15) is 5.10 Å². The Kier molecular flexibility index (Phi) is 7.42. The molecule has 2 aromatic heterocycles. The third-order valence-electron chi connectivity index (χ3n) is 5.57. The van der Waals surface area contributed by atoms with E-state index in [1.54, 1.807) is 24.1 Å². The third-order valence-corrected chi connectivity index (χ3v) is 7.67. The van der Waals surface area contributed by atoms with E-state index in [4.69, 9.17) is 4.74 Å². The third kappa shape index (κ3) is 5.36.